The van der Waals surface area contributed by atoms with Gasteiger partial charge in [-0.2, -0.15) is 0 Å². The molecule has 1 amide bonds. The predicted molar refractivity (Wildman–Crippen MR) is 117 cm³/mol. The van der Waals surface area contributed by atoms with E-state index in [0.29, 0.717) is 5.56 Å². The highest BCUT2D eigenvalue weighted by molar-refractivity contribution is 8.00. The molecule has 3 aromatic carbocycles. The van der Waals surface area contributed by atoms with Crippen LogP contribution < -0.4 is 5.32 Å². The molecular weight excluding hydrogens is 382 g/mol. The molecule has 0 unspecified atom stereocenters. The van der Waals surface area contributed by atoms with Crippen LogP contribution in [0.5, 0.6) is 0 Å². The van der Waals surface area contributed by atoms with Crippen LogP contribution in [0, 0.1) is 13.8 Å². The van der Waals surface area contributed by atoms with Crippen LogP contribution >= 0.6 is 11.8 Å². The Morgan fingerprint density at radius 1 is 0.897 bits per heavy atom. The molecule has 29 heavy (non-hydrogen) atoms. The monoisotopic (exact) mass is 405 g/mol. The quantitative estimate of drug-likeness (QED) is 0.423. The van der Waals surface area contributed by atoms with Crippen molar-refractivity contribution in [1.82, 2.24) is 0 Å². The summed E-state index contributed by atoms with van der Waals surface area (Å²) in [4.78, 5) is 25.3. The zero-order valence-corrected chi connectivity index (χ0v) is 17.3. The van der Waals surface area contributed by atoms with Crippen molar-refractivity contribution in [2.45, 2.75) is 25.3 Å². The van der Waals surface area contributed by atoms with Crippen LogP contribution in [-0.4, -0.2) is 17.6 Å². The first kappa shape index (κ1) is 20.7. The zero-order chi connectivity index (χ0) is 20.6. The van der Waals surface area contributed by atoms with Crippen molar-refractivity contribution in [2.24, 2.45) is 0 Å². The average Bonchev–Trinajstić information content (AvgIpc) is 2.74. The molecule has 0 atom stereocenters. The number of ether oxygens (including phenoxy) is 1. The van der Waals surface area contributed by atoms with Gasteiger partial charge in [-0.05, 0) is 66.9 Å². The van der Waals surface area contributed by atoms with Crippen LogP contribution in [0.1, 0.15) is 27.0 Å². The summed E-state index contributed by atoms with van der Waals surface area (Å²) in [7, 11) is 0. The minimum atomic E-state index is -0.265. The lowest BCUT2D eigenvalue weighted by Gasteiger charge is -2.08. The molecule has 0 aliphatic heterocycles. The van der Waals surface area contributed by atoms with Crippen molar-refractivity contribution in [3.8, 4) is 0 Å². The molecule has 0 bridgehead atoms. The minimum Gasteiger partial charge on any atom is -0.460 e. The first-order chi connectivity index (χ1) is 14.0. The fourth-order valence-corrected chi connectivity index (χ4v) is 3.42. The van der Waals surface area contributed by atoms with Crippen LogP contribution in [0.4, 0.5) is 5.69 Å². The van der Waals surface area contributed by atoms with E-state index in [1.54, 1.807) is 24.3 Å². The second-order valence-electron chi connectivity index (χ2n) is 6.71. The summed E-state index contributed by atoms with van der Waals surface area (Å²) >= 11 is 1.47. The molecule has 0 aliphatic carbocycles. The third-order valence-electron chi connectivity index (χ3n) is 4.48. The highest BCUT2D eigenvalue weighted by Gasteiger charge is 2.08. The Hall–Kier alpha value is -3.05. The van der Waals surface area contributed by atoms with E-state index in [2.05, 4.69) is 31.3 Å². The molecule has 0 radical (unpaired) electrons. The Balaban J connectivity index is 1.46. The van der Waals surface area contributed by atoms with Gasteiger partial charge in [0.15, 0.2) is 0 Å². The van der Waals surface area contributed by atoms with Gasteiger partial charge in [-0.3, -0.25) is 9.59 Å². The molecule has 0 spiro atoms. The normalized spacial score (nSPS) is 10.4. The Kier molecular flexibility index (Phi) is 7.09. The molecule has 3 rings (SSSR count). The lowest BCUT2D eigenvalue weighted by atomic mass is 10.1. The SMILES string of the molecule is Cc1ccc(SCC(=O)OCc2ccc(C(=O)Nc3ccccc3)cc2)cc1C. The number of rotatable bonds is 7. The number of carbonyl (C=O) groups is 2. The predicted octanol–water partition coefficient (Wildman–Crippen LogP) is 5.39. The van der Waals surface area contributed by atoms with Gasteiger partial charge < -0.3 is 10.1 Å². The van der Waals surface area contributed by atoms with Crippen molar-refractivity contribution in [1.29, 1.82) is 0 Å². The van der Waals surface area contributed by atoms with Crippen molar-refractivity contribution in [3.05, 3.63) is 95.1 Å². The number of amides is 1. The van der Waals surface area contributed by atoms with Gasteiger partial charge >= 0.3 is 5.97 Å². The van der Waals surface area contributed by atoms with E-state index in [9.17, 15) is 9.59 Å². The number of esters is 1. The van der Waals surface area contributed by atoms with Gasteiger partial charge in [-0.25, -0.2) is 0 Å². The Labute approximate surface area is 175 Å². The van der Waals surface area contributed by atoms with E-state index < -0.39 is 0 Å². The largest absolute Gasteiger partial charge is 0.460 e. The van der Waals surface area contributed by atoms with Crippen molar-refractivity contribution >= 4 is 29.3 Å². The lowest BCUT2D eigenvalue weighted by Crippen LogP contribution is -2.12. The van der Waals surface area contributed by atoms with Gasteiger partial charge in [0.05, 0.1) is 5.75 Å². The average molecular weight is 406 g/mol. The van der Waals surface area contributed by atoms with Gasteiger partial charge in [0.25, 0.3) is 5.91 Å². The van der Waals surface area contributed by atoms with Crippen molar-refractivity contribution < 1.29 is 14.3 Å². The van der Waals surface area contributed by atoms with E-state index in [1.807, 2.05) is 36.4 Å². The molecule has 0 saturated heterocycles. The molecular formula is C24H23NO3S. The maximum atomic E-state index is 12.3. The summed E-state index contributed by atoms with van der Waals surface area (Å²) in [5.41, 5.74) is 4.58. The summed E-state index contributed by atoms with van der Waals surface area (Å²) in [5.74, 6) is -0.177. The van der Waals surface area contributed by atoms with Crippen LogP contribution in [0.15, 0.2) is 77.7 Å². The number of para-hydroxylation sites is 1. The Bertz CT molecular complexity index is 985. The standard InChI is InChI=1S/C24H23NO3S/c1-17-8-13-22(14-18(17)2)29-16-23(26)28-15-19-9-11-20(12-10-19)24(27)25-21-6-4-3-5-7-21/h3-14H,15-16H2,1-2H3,(H,25,27). The van der Waals surface area contributed by atoms with Gasteiger partial charge in [0, 0.05) is 16.1 Å². The first-order valence-electron chi connectivity index (χ1n) is 9.32. The summed E-state index contributed by atoms with van der Waals surface area (Å²) in [6.45, 7) is 4.31. The van der Waals surface area contributed by atoms with Crippen LogP contribution in [-0.2, 0) is 16.1 Å². The van der Waals surface area contributed by atoms with Gasteiger partial charge in [0.2, 0.25) is 0 Å². The van der Waals surface area contributed by atoms with Gasteiger partial charge in [-0.15, -0.1) is 11.8 Å². The topological polar surface area (TPSA) is 55.4 Å². The third kappa shape index (κ3) is 6.22. The number of hydrogen-bond acceptors (Lipinski definition) is 4. The maximum Gasteiger partial charge on any atom is 0.316 e. The van der Waals surface area contributed by atoms with Crippen LogP contribution in [0.25, 0.3) is 0 Å². The number of hydrogen-bond donors (Lipinski definition) is 1. The van der Waals surface area contributed by atoms with Crippen molar-refractivity contribution in [3.63, 3.8) is 0 Å². The molecule has 0 fully saturated rings. The van der Waals surface area contributed by atoms with Crippen LogP contribution in [0.2, 0.25) is 0 Å². The van der Waals surface area contributed by atoms with E-state index in [4.69, 9.17) is 4.74 Å². The summed E-state index contributed by atoms with van der Waals surface area (Å²) in [5, 5.41) is 2.84. The maximum absolute atomic E-state index is 12.3. The molecule has 148 valence electrons. The molecule has 0 aromatic heterocycles. The molecule has 4 nitrogen and oxygen atoms in total. The van der Waals surface area contributed by atoms with Crippen molar-refractivity contribution in [2.75, 3.05) is 11.1 Å². The smallest absolute Gasteiger partial charge is 0.316 e. The molecule has 0 saturated carbocycles. The minimum absolute atomic E-state index is 0.176. The number of carbonyl (C=O) groups excluding carboxylic acids is 2. The second kappa shape index (κ2) is 9.94. The summed E-state index contributed by atoms with van der Waals surface area (Å²) < 4.78 is 5.34. The number of benzene rings is 3. The number of nitrogens with one attached hydrogen (secondary N) is 1. The third-order valence-corrected chi connectivity index (χ3v) is 5.45. The second-order valence-corrected chi connectivity index (χ2v) is 7.76. The van der Waals surface area contributed by atoms with E-state index in [0.717, 1.165) is 16.1 Å². The van der Waals surface area contributed by atoms with E-state index >= 15 is 0 Å². The number of anilines is 1. The highest BCUT2D eigenvalue weighted by Crippen LogP contribution is 2.21. The number of thioether (sulfide) groups is 1. The summed E-state index contributed by atoms with van der Waals surface area (Å²) in [6.07, 6.45) is 0. The van der Waals surface area contributed by atoms with Crippen LogP contribution in [0.3, 0.4) is 0 Å². The Morgan fingerprint density at radius 2 is 1.62 bits per heavy atom. The molecule has 0 aliphatic rings. The zero-order valence-electron chi connectivity index (χ0n) is 16.5. The fraction of sp³-hybridized carbons (Fsp3) is 0.167. The Morgan fingerprint density at radius 3 is 2.31 bits per heavy atom. The molecule has 3 aromatic rings. The highest BCUT2D eigenvalue weighted by atomic mass is 32.2. The first-order valence-corrected chi connectivity index (χ1v) is 10.3. The lowest BCUT2D eigenvalue weighted by molar-refractivity contribution is -0.141. The van der Waals surface area contributed by atoms with Gasteiger partial charge in [-0.1, -0.05) is 36.4 Å². The molecule has 5 heteroatoms. The molecule has 0 heterocycles. The van der Waals surface area contributed by atoms with Gasteiger partial charge in [0.1, 0.15) is 6.61 Å². The van der Waals surface area contributed by atoms with E-state index in [1.165, 1.54) is 22.9 Å². The van der Waals surface area contributed by atoms with E-state index in [-0.39, 0.29) is 24.2 Å². The summed E-state index contributed by atoms with van der Waals surface area (Å²) in [6, 6.07) is 22.5. The number of aryl methyl sites for hydroxylation is 2. The molecule has 1 N–H and O–H groups in total. The fourth-order valence-electron chi connectivity index (χ4n) is 2.63.